The Balaban J connectivity index is 2.23. The molecule has 1 atom stereocenters. The van der Waals surface area contributed by atoms with Crippen molar-refractivity contribution in [3.63, 3.8) is 0 Å². The molecule has 1 rings (SSSR count). The van der Waals surface area contributed by atoms with Gasteiger partial charge in [-0.1, -0.05) is 0 Å². The summed E-state index contributed by atoms with van der Waals surface area (Å²) in [5.41, 5.74) is 0. The van der Waals surface area contributed by atoms with Crippen LogP contribution in [0.5, 0.6) is 0 Å². The molecule has 0 aromatic carbocycles. The molecular formula is C6H12FN. The van der Waals surface area contributed by atoms with Gasteiger partial charge < -0.3 is 4.90 Å². The van der Waals surface area contributed by atoms with Crippen LogP contribution in [0.3, 0.4) is 0 Å². The van der Waals surface area contributed by atoms with Gasteiger partial charge in [-0.15, -0.1) is 0 Å². The molecule has 0 aliphatic carbocycles. The summed E-state index contributed by atoms with van der Waals surface area (Å²) < 4.78 is 12.4. The highest BCUT2D eigenvalue weighted by Gasteiger charge is 2.14. The first-order valence-corrected chi connectivity index (χ1v) is 3.11. The Bertz CT molecular complexity index is 66.9. The van der Waals surface area contributed by atoms with Gasteiger partial charge in [0.2, 0.25) is 0 Å². The van der Waals surface area contributed by atoms with E-state index in [0.717, 1.165) is 19.4 Å². The van der Waals surface area contributed by atoms with Crippen LogP contribution in [-0.4, -0.2) is 31.2 Å². The Morgan fingerprint density at radius 2 is 2.38 bits per heavy atom. The van der Waals surface area contributed by atoms with Crippen LogP contribution in [0.15, 0.2) is 0 Å². The molecule has 48 valence electrons. The second-order valence-electron chi connectivity index (χ2n) is 2.50. The molecule has 0 bridgehead atoms. The number of rotatable bonds is 0. The van der Waals surface area contributed by atoms with Crippen molar-refractivity contribution in [1.29, 1.82) is 0 Å². The molecule has 0 amide bonds. The van der Waals surface area contributed by atoms with E-state index in [1.54, 1.807) is 0 Å². The van der Waals surface area contributed by atoms with E-state index in [0.29, 0.717) is 6.54 Å². The van der Waals surface area contributed by atoms with Crippen molar-refractivity contribution in [1.82, 2.24) is 4.90 Å². The van der Waals surface area contributed by atoms with Gasteiger partial charge in [-0.05, 0) is 26.4 Å². The molecule has 1 saturated heterocycles. The highest BCUT2D eigenvalue weighted by molar-refractivity contribution is 4.68. The minimum absolute atomic E-state index is 0.561. The molecule has 1 aliphatic rings. The molecule has 0 N–H and O–H groups in total. The number of hydrogen-bond donors (Lipinski definition) is 0. The van der Waals surface area contributed by atoms with Gasteiger partial charge in [-0.2, -0.15) is 0 Å². The minimum Gasteiger partial charge on any atom is -0.303 e. The Morgan fingerprint density at radius 3 is 2.75 bits per heavy atom. The molecule has 1 nitrogen and oxygen atoms in total. The SMILES string of the molecule is CN1CCC[C@@H](F)C1. The smallest absolute Gasteiger partial charge is 0.113 e. The predicted molar refractivity (Wildman–Crippen MR) is 31.6 cm³/mol. The first kappa shape index (κ1) is 6.02. The maximum Gasteiger partial charge on any atom is 0.113 e. The fourth-order valence-electron chi connectivity index (χ4n) is 1.10. The standard InChI is InChI=1S/C6H12FN/c1-8-4-2-3-6(7)5-8/h6H,2-5H2,1H3/t6-/m1/s1. The molecule has 1 fully saturated rings. The van der Waals surface area contributed by atoms with E-state index in [-0.39, 0.29) is 0 Å². The molecular weight excluding hydrogens is 105 g/mol. The molecule has 0 saturated carbocycles. The van der Waals surface area contributed by atoms with Crippen LogP contribution in [0.4, 0.5) is 4.39 Å². The van der Waals surface area contributed by atoms with Crippen LogP contribution in [0.1, 0.15) is 12.8 Å². The van der Waals surface area contributed by atoms with Crippen molar-refractivity contribution >= 4 is 0 Å². The van der Waals surface area contributed by atoms with Crippen LogP contribution in [0.2, 0.25) is 0 Å². The zero-order valence-electron chi connectivity index (χ0n) is 5.23. The van der Waals surface area contributed by atoms with E-state index >= 15 is 0 Å². The lowest BCUT2D eigenvalue weighted by Gasteiger charge is -2.24. The molecule has 1 aliphatic heterocycles. The van der Waals surface area contributed by atoms with E-state index < -0.39 is 6.17 Å². The third kappa shape index (κ3) is 1.44. The van der Waals surface area contributed by atoms with Crippen LogP contribution in [-0.2, 0) is 0 Å². The quantitative estimate of drug-likeness (QED) is 0.458. The maximum absolute atomic E-state index is 12.4. The van der Waals surface area contributed by atoms with Gasteiger partial charge in [0.05, 0.1) is 0 Å². The zero-order chi connectivity index (χ0) is 5.98. The summed E-state index contributed by atoms with van der Waals surface area (Å²) >= 11 is 0. The summed E-state index contributed by atoms with van der Waals surface area (Å²) in [6.07, 6.45) is 1.23. The summed E-state index contributed by atoms with van der Waals surface area (Å²) in [6.45, 7) is 1.71. The topological polar surface area (TPSA) is 3.24 Å². The van der Waals surface area contributed by atoms with Crippen molar-refractivity contribution in [2.45, 2.75) is 19.0 Å². The molecule has 0 spiro atoms. The van der Waals surface area contributed by atoms with Crippen molar-refractivity contribution < 1.29 is 4.39 Å². The number of piperidine rings is 1. The first-order chi connectivity index (χ1) is 3.79. The minimum atomic E-state index is -0.561. The highest BCUT2D eigenvalue weighted by atomic mass is 19.1. The lowest BCUT2D eigenvalue weighted by Crippen LogP contribution is -2.32. The number of hydrogen-bond acceptors (Lipinski definition) is 1. The summed E-state index contributed by atoms with van der Waals surface area (Å²) in [7, 11) is 1.96. The van der Waals surface area contributed by atoms with Gasteiger partial charge in [0.1, 0.15) is 6.17 Å². The number of halogens is 1. The van der Waals surface area contributed by atoms with E-state index in [1.165, 1.54) is 0 Å². The van der Waals surface area contributed by atoms with E-state index in [1.807, 2.05) is 11.9 Å². The second kappa shape index (κ2) is 2.44. The average molecular weight is 117 g/mol. The Labute approximate surface area is 49.5 Å². The highest BCUT2D eigenvalue weighted by Crippen LogP contribution is 2.09. The summed E-state index contributed by atoms with van der Waals surface area (Å²) in [5, 5.41) is 0. The van der Waals surface area contributed by atoms with Crippen molar-refractivity contribution in [3.8, 4) is 0 Å². The molecule has 0 radical (unpaired) electrons. The molecule has 0 unspecified atom stereocenters. The molecule has 0 aromatic rings. The van der Waals surface area contributed by atoms with Gasteiger partial charge in [0.15, 0.2) is 0 Å². The van der Waals surface area contributed by atoms with Gasteiger partial charge >= 0.3 is 0 Å². The fourth-order valence-corrected chi connectivity index (χ4v) is 1.10. The lowest BCUT2D eigenvalue weighted by atomic mass is 10.1. The molecule has 0 aromatic heterocycles. The van der Waals surface area contributed by atoms with Gasteiger partial charge in [-0.3, -0.25) is 0 Å². The lowest BCUT2D eigenvalue weighted by molar-refractivity contribution is 0.163. The van der Waals surface area contributed by atoms with E-state index in [9.17, 15) is 4.39 Å². The van der Waals surface area contributed by atoms with Crippen LogP contribution in [0.25, 0.3) is 0 Å². The van der Waals surface area contributed by atoms with Gasteiger partial charge in [0, 0.05) is 6.54 Å². The summed E-state index contributed by atoms with van der Waals surface area (Å²) in [4.78, 5) is 2.04. The Hall–Kier alpha value is -0.110. The van der Waals surface area contributed by atoms with E-state index in [2.05, 4.69) is 0 Å². The summed E-state index contributed by atoms with van der Waals surface area (Å²) in [6, 6.07) is 0. The summed E-state index contributed by atoms with van der Waals surface area (Å²) in [5.74, 6) is 0. The second-order valence-corrected chi connectivity index (χ2v) is 2.50. The Kier molecular flexibility index (Phi) is 1.84. The maximum atomic E-state index is 12.4. The molecule has 1 heterocycles. The Morgan fingerprint density at radius 1 is 1.62 bits per heavy atom. The van der Waals surface area contributed by atoms with Crippen molar-refractivity contribution in [2.75, 3.05) is 20.1 Å². The zero-order valence-corrected chi connectivity index (χ0v) is 5.23. The van der Waals surface area contributed by atoms with Crippen molar-refractivity contribution in [3.05, 3.63) is 0 Å². The van der Waals surface area contributed by atoms with Gasteiger partial charge in [0.25, 0.3) is 0 Å². The third-order valence-electron chi connectivity index (χ3n) is 1.57. The molecule has 2 heteroatoms. The molecule has 8 heavy (non-hydrogen) atoms. The van der Waals surface area contributed by atoms with Crippen LogP contribution in [0, 0.1) is 0 Å². The van der Waals surface area contributed by atoms with Gasteiger partial charge in [-0.25, -0.2) is 4.39 Å². The normalized spacial score (nSPS) is 33.0. The monoisotopic (exact) mass is 117 g/mol. The van der Waals surface area contributed by atoms with E-state index in [4.69, 9.17) is 0 Å². The van der Waals surface area contributed by atoms with Crippen LogP contribution < -0.4 is 0 Å². The average Bonchev–Trinajstić information content (AvgIpc) is 1.64. The predicted octanol–water partition coefficient (Wildman–Crippen LogP) is 1.05. The third-order valence-corrected chi connectivity index (χ3v) is 1.57. The van der Waals surface area contributed by atoms with Crippen molar-refractivity contribution in [2.24, 2.45) is 0 Å². The van der Waals surface area contributed by atoms with Crippen LogP contribution >= 0.6 is 0 Å². The largest absolute Gasteiger partial charge is 0.303 e. The first-order valence-electron chi connectivity index (χ1n) is 3.11. The number of alkyl halides is 1. The number of nitrogens with zero attached hydrogens (tertiary/aromatic N) is 1. The fraction of sp³-hybridized carbons (Fsp3) is 1.00. The number of likely N-dealkylation sites (tertiary alicyclic amines) is 1.